The number of nitrogens with one attached hydrogen (secondary N) is 2. The summed E-state index contributed by atoms with van der Waals surface area (Å²) < 4.78 is 0. The van der Waals surface area contributed by atoms with Crippen LogP contribution in [0.2, 0.25) is 0 Å². The molecule has 0 saturated heterocycles. The molecule has 20 heteroatoms. The van der Waals surface area contributed by atoms with Crippen LogP contribution >= 0.6 is 0 Å². The molecular formula is C48H24N8O12. The maximum absolute atomic E-state index is 14.8. The topological polar surface area (TPSA) is 271 Å². The van der Waals surface area contributed by atoms with Gasteiger partial charge in [-0.3, -0.25) is 59.6 Å². The highest BCUT2D eigenvalue weighted by atomic mass is 16.6. The van der Waals surface area contributed by atoms with Gasteiger partial charge >= 0.3 is 0 Å². The molecule has 0 fully saturated rings. The molecule has 68 heavy (non-hydrogen) atoms. The first kappa shape index (κ1) is 40.5. The molecule has 2 aliphatic heterocycles. The predicted octanol–water partition coefficient (Wildman–Crippen LogP) is 10.5. The normalized spacial score (nSPS) is 13.2. The van der Waals surface area contributed by atoms with E-state index in [4.69, 9.17) is 0 Å². The Bertz CT molecular complexity index is 3570. The van der Waals surface area contributed by atoms with Crippen molar-refractivity contribution < 1.29 is 38.9 Å². The van der Waals surface area contributed by atoms with Crippen molar-refractivity contribution in [1.82, 2.24) is 0 Å². The second kappa shape index (κ2) is 14.6. The molecule has 4 amide bonds. The van der Waals surface area contributed by atoms with Gasteiger partial charge in [0.15, 0.2) is 0 Å². The van der Waals surface area contributed by atoms with Gasteiger partial charge in [-0.2, -0.15) is 0 Å². The monoisotopic (exact) mass is 904 g/mol. The number of carbonyl (C=O) groups excluding carboxylic acids is 4. The molecule has 2 aliphatic rings. The number of anilines is 6. The quantitative estimate of drug-likeness (QED) is 0.0425. The average molecular weight is 905 g/mol. The third kappa shape index (κ3) is 5.94. The molecule has 2 heterocycles. The van der Waals surface area contributed by atoms with Crippen molar-refractivity contribution in [3.63, 3.8) is 0 Å². The Morgan fingerprint density at radius 2 is 0.632 bits per heavy atom. The van der Waals surface area contributed by atoms with Gasteiger partial charge in [0.2, 0.25) is 0 Å². The summed E-state index contributed by atoms with van der Waals surface area (Å²) in [5, 5.41) is 55.8. The number of non-ortho nitro benzene ring substituents is 4. The number of fused-ring (bicyclic) bond motifs is 2. The van der Waals surface area contributed by atoms with Gasteiger partial charge in [-0.1, -0.05) is 12.1 Å². The van der Waals surface area contributed by atoms with Crippen molar-refractivity contribution in [2.75, 3.05) is 20.4 Å². The summed E-state index contributed by atoms with van der Waals surface area (Å²) in [6.07, 6.45) is 0. The van der Waals surface area contributed by atoms with E-state index >= 15 is 0 Å². The van der Waals surface area contributed by atoms with Gasteiger partial charge in [0.05, 0.1) is 42.2 Å². The van der Waals surface area contributed by atoms with E-state index in [9.17, 15) is 59.6 Å². The molecule has 2 N–H and O–H groups in total. The average Bonchev–Trinajstić information content (AvgIpc) is 3.33. The summed E-state index contributed by atoms with van der Waals surface area (Å²) in [4.78, 5) is 104. The van der Waals surface area contributed by atoms with E-state index < -0.39 is 43.3 Å². The fourth-order valence-electron chi connectivity index (χ4n) is 9.22. The summed E-state index contributed by atoms with van der Waals surface area (Å²) in [7, 11) is 0. The zero-order valence-electron chi connectivity index (χ0n) is 34.3. The van der Waals surface area contributed by atoms with Crippen LogP contribution in [0.5, 0.6) is 0 Å². The Balaban J connectivity index is 1.23. The molecule has 20 nitrogen and oxygen atoms in total. The molecular weight excluding hydrogens is 881 g/mol. The number of imide groups is 2. The molecule has 11 rings (SSSR count). The van der Waals surface area contributed by atoms with Crippen LogP contribution in [0, 0.1) is 40.5 Å². The van der Waals surface area contributed by atoms with E-state index in [1.54, 1.807) is 12.1 Å². The Kier molecular flexibility index (Phi) is 8.73. The van der Waals surface area contributed by atoms with Gasteiger partial charge in [0.1, 0.15) is 0 Å². The van der Waals surface area contributed by atoms with Crippen molar-refractivity contribution in [3.05, 3.63) is 196 Å². The molecule has 0 aliphatic carbocycles. The van der Waals surface area contributed by atoms with E-state index in [1.807, 2.05) is 0 Å². The van der Waals surface area contributed by atoms with Crippen LogP contribution < -0.4 is 20.4 Å². The van der Waals surface area contributed by atoms with E-state index in [0.29, 0.717) is 43.7 Å². The van der Waals surface area contributed by atoms with Gasteiger partial charge < -0.3 is 10.6 Å². The minimum Gasteiger partial charge on any atom is -0.355 e. The summed E-state index contributed by atoms with van der Waals surface area (Å²) in [6, 6.07) is 30.3. The lowest BCUT2D eigenvalue weighted by Gasteiger charge is -2.31. The van der Waals surface area contributed by atoms with Gasteiger partial charge in [-0.05, 0) is 83.6 Å². The highest BCUT2D eigenvalue weighted by molar-refractivity contribution is 6.47. The van der Waals surface area contributed by atoms with E-state index in [1.165, 1.54) is 121 Å². The molecule has 0 spiro atoms. The second-order valence-electron chi connectivity index (χ2n) is 15.8. The first-order valence-corrected chi connectivity index (χ1v) is 20.3. The Labute approximate surface area is 378 Å². The summed E-state index contributed by atoms with van der Waals surface area (Å²) in [5.74, 6) is -3.00. The number of nitro groups is 4. The zero-order valence-corrected chi connectivity index (χ0v) is 34.3. The fraction of sp³-hybridized carbons (Fsp3) is 0. The maximum atomic E-state index is 14.8. The molecule has 328 valence electrons. The lowest BCUT2D eigenvalue weighted by atomic mass is 9.80. The van der Waals surface area contributed by atoms with Crippen molar-refractivity contribution in [1.29, 1.82) is 0 Å². The number of nitro benzene ring substituents is 4. The van der Waals surface area contributed by atoms with E-state index in [0.717, 1.165) is 9.80 Å². The minimum atomic E-state index is -0.769. The molecule has 0 aromatic heterocycles. The number of hydrogen-bond donors (Lipinski definition) is 2. The molecule has 0 saturated carbocycles. The van der Waals surface area contributed by atoms with Crippen LogP contribution in [0.15, 0.2) is 133 Å². The van der Waals surface area contributed by atoms with Gasteiger partial charge in [0.25, 0.3) is 46.4 Å². The van der Waals surface area contributed by atoms with E-state index in [-0.39, 0.29) is 78.5 Å². The first-order chi connectivity index (χ1) is 32.7. The van der Waals surface area contributed by atoms with Crippen LogP contribution in [0.1, 0.15) is 41.4 Å². The third-order valence-electron chi connectivity index (χ3n) is 12.2. The Morgan fingerprint density at radius 1 is 0.338 bits per heavy atom. The molecule has 0 bridgehead atoms. The lowest BCUT2D eigenvalue weighted by Crippen LogP contribution is -2.40. The van der Waals surface area contributed by atoms with Crippen LogP contribution in [0.4, 0.5) is 56.9 Å². The second-order valence-corrected chi connectivity index (χ2v) is 15.8. The number of carbonyl (C=O) groups is 4. The van der Waals surface area contributed by atoms with Crippen LogP contribution in [-0.2, 0) is 0 Å². The standard InChI is InChI=1S/C48H24N8O12/c57-45-33-20-18-32-42-38(50-24-3-7-28(8-4-24)54(63)64)22-36-40-34(46(58)52(48(36)60)26-11-15-30(16-12-26)56(67)68)19-17-31(44(40)42)41-37(49-23-1-5-27(6-2-23)53(61)62)21-35(39(33)43(32)41)47(59)51(45)25-9-13-29(14-10-25)55(65)66/h1-22,49-50H. The predicted molar refractivity (Wildman–Crippen MR) is 249 cm³/mol. The number of hydrogen-bond acceptors (Lipinski definition) is 14. The minimum absolute atomic E-state index is 0.0472. The van der Waals surface area contributed by atoms with Crippen LogP contribution in [0.25, 0.3) is 43.1 Å². The zero-order chi connectivity index (χ0) is 47.4. The summed E-state index contributed by atoms with van der Waals surface area (Å²) >= 11 is 0. The fourth-order valence-corrected chi connectivity index (χ4v) is 9.22. The molecule has 0 unspecified atom stereocenters. The van der Waals surface area contributed by atoms with Crippen molar-refractivity contribution in [2.24, 2.45) is 0 Å². The Morgan fingerprint density at radius 3 is 0.941 bits per heavy atom. The third-order valence-corrected chi connectivity index (χ3v) is 12.2. The molecule has 0 radical (unpaired) electrons. The van der Waals surface area contributed by atoms with Gasteiger partial charge in [0, 0.05) is 115 Å². The first-order valence-electron chi connectivity index (χ1n) is 20.3. The van der Waals surface area contributed by atoms with Crippen LogP contribution in [-0.4, -0.2) is 43.3 Å². The van der Waals surface area contributed by atoms with Crippen molar-refractivity contribution in [3.8, 4) is 0 Å². The van der Waals surface area contributed by atoms with Crippen molar-refractivity contribution >= 4 is 124 Å². The largest absolute Gasteiger partial charge is 0.355 e. The molecule has 0 atom stereocenters. The maximum Gasteiger partial charge on any atom is 0.269 e. The Hall–Kier alpha value is -10.2. The van der Waals surface area contributed by atoms with E-state index in [2.05, 4.69) is 10.6 Å². The highest BCUT2D eigenvalue weighted by Crippen LogP contribution is 2.52. The number of amides is 4. The summed E-state index contributed by atoms with van der Waals surface area (Å²) in [6.45, 7) is 0. The number of rotatable bonds is 10. The SMILES string of the molecule is O=C1c2ccc3c4c(Nc5ccc([N+](=O)[O-])cc5)cc5c6c(ccc(c7c(Nc8ccc([N+](=O)[O-])cc8)cc(c2c37)C(=O)N1c1ccc([N+](=O)[O-])cc1)c64)C(=O)N(c1ccc([N+](=O)[O-])cc1)C5=O. The van der Waals surface area contributed by atoms with Crippen molar-refractivity contribution in [2.45, 2.75) is 0 Å². The number of benzene rings is 9. The smallest absolute Gasteiger partial charge is 0.269 e. The molecule has 9 aromatic rings. The summed E-state index contributed by atoms with van der Waals surface area (Å²) in [5.41, 5.74) is 0.788. The van der Waals surface area contributed by atoms with Gasteiger partial charge in [-0.25, -0.2) is 9.80 Å². The molecule has 9 aromatic carbocycles. The van der Waals surface area contributed by atoms with Gasteiger partial charge in [-0.15, -0.1) is 0 Å². The lowest BCUT2D eigenvalue weighted by molar-refractivity contribution is -0.385. The highest BCUT2D eigenvalue weighted by Gasteiger charge is 2.40. The number of nitrogens with zero attached hydrogens (tertiary/aromatic N) is 6. The van der Waals surface area contributed by atoms with Crippen LogP contribution in [0.3, 0.4) is 0 Å².